The highest BCUT2D eigenvalue weighted by molar-refractivity contribution is 7.99. The van der Waals surface area contributed by atoms with Crippen molar-refractivity contribution in [2.45, 2.75) is 51.2 Å². The minimum Gasteiger partial charge on any atom is -0.481 e. The molecule has 0 aliphatic carbocycles. The molecule has 1 unspecified atom stereocenters. The summed E-state index contributed by atoms with van der Waals surface area (Å²) in [6, 6.07) is 0. The average Bonchev–Trinajstić information content (AvgIpc) is 2.10. The number of rotatable bonds is 8. The molecule has 0 rings (SSSR count). The van der Waals surface area contributed by atoms with Crippen LogP contribution in [0.25, 0.3) is 0 Å². The van der Waals surface area contributed by atoms with Gasteiger partial charge in [-0.1, -0.05) is 20.3 Å². The van der Waals surface area contributed by atoms with E-state index >= 15 is 0 Å². The fourth-order valence-electron chi connectivity index (χ4n) is 0.957. The summed E-state index contributed by atoms with van der Waals surface area (Å²) in [7, 11) is 0. The van der Waals surface area contributed by atoms with Crippen LogP contribution >= 0.6 is 11.8 Å². The summed E-state index contributed by atoms with van der Waals surface area (Å²) in [6.07, 6.45) is 4.59. The summed E-state index contributed by atoms with van der Waals surface area (Å²) in [5.74, 6) is 0.504. The van der Waals surface area contributed by atoms with E-state index in [1.54, 1.807) is 0 Å². The molecule has 1 atom stereocenters. The quantitative estimate of drug-likeness (QED) is 0.617. The Morgan fingerprint density at radius 2 is 2.08 bits per heavy atom. The van der Waals surface area contributed by atoms with E-state index in [4.69, 9.17) is 5.11 Å². The number of unbranched alkanes of at least 4 members (excludes halogenated alkanes) is 2. The maximum absolute atomic E-state index is 10.2. The van der Waals surface area contributed by atoms with Gasteiger partial charge in [0.1, 0.15) is 0 Å². The van der Waals surface area contributed by atoms with Gasteiger partial charge < -0.3 is 5.11 Å². The Morgan fingerprint density at radius 1 is 1.38 bits per heavy atom. The molecule has 0 fully saturated rings. The second-order valence-electron chi connectivity index (χ2n) is 3.29. The van der Waals surface area contributed by atoms with Gasteiger partial charge in [-0.3, -0.25) is 4.79 Å². The van der Waals surface area contributed by atoms with Crippen molar-refractivity contribution < 1.29 is 9.90 Å². The molecule has 2 nitrogen and oxygen atoms in total. The van der Waals surface area contributed by atoms with Crippen LogP contribution in [0, 0.1) is 0 Å². The monoisotopic (exact) mass is 204 g/mol. The van der Waals surface area contributed by atoms with Gasteiger partial charge in [0.2, 0.25) is 0 Å². The van der Waals surface area contributed by atoms with E-state index in [1.807, 2.05) is 11.8 Å². The highest BCUT2D eigenvalue weighted by Crippen LogP contribution is 2.15. The molecule has 0 aliphatic heterocycles. The number of hydrogen-bond acceptors (Lipinski definition) is 2. The van der Waals surface area contributed by atoms with Gasteiger partial charge in [0, 0.05) is 11.7 Å². The van der Waals surface area contributed by atoms with Gasteiger partial charge in [-0.25, -0.2) is 0 Å². The van der Waals surface area contributed by atoms with Crippen molar-refractivity contribution in [2.24, 2.45) is 0 Å². The van der Waals surface area contributed by atoms with Crippen LogP contribution in [0.4, 0.5) is 0 Å². The van der Waals surface area contributed by atoms with Crippen LogP contribution in [0.15, 0.2) is 0 Å². The van der Waals surface area contributed by atoms with Crippen LogP contribution in [0.5, 0.6) is 0 Å². The summed E-state index contributed by atoms with van der Waals surface area (Å²) in [4.78, 5) is 10.2. The highest BCUT2D eigenvalue weighted by atomic mass is 32.2. The normalized spacial score (nSPS) is 12.8. The highest BCUT2D eigenvalue weighted by Gasteiger charge is 1.99. The number of carboxylic acids is 1. The van der Waals surface area contributed by atoms with Crippen LogP contribution in [-0.2, 0) is 4.79 Å². The van der Waals surface area contributed by atoms with Crippen LogP contribution in [0.2, 0.25) is 0 Å². The Hall–Kier alpha value is -0.180. The number of aliphatic carboxylic acids is 1. The third kappa shape index (κ3) is 9.74. The lowest BCUT2D eigenvalue weighted by Gasteiger charge is -2.06. The van der Waals surface area contributed by atoms with E-state index in [1.165, 1.54) is 12.2 Å². The predicted octanol–water partition coefficient (Wildman–Crippen LogP) is 3.16. The second kappa shape index (κ2) is 8.42. The number of hydrogen-bond donors (Lipinski definition) is 1. The Bertz CT molecular complexity index is 137. The molecule has 0 radical (unpaired) electrons. The third-order valence-electron chi connectivity index (χ3n) is 2.01. The Labute approximate surface area is 85.1 Å². The minimum absolute atomic E-state index is 0.327. The molecule has 0 aliphatic rings. The van der Waals surface area contributed by atoms with Gasteiger partial charge in [-0.15, -0.1) is 0 Å². The smallest absolute Gasteiger partial charge is 0.303 e. The zero-order valence-corrected chi connectivity index (χ0v) is 9.40. The van der Waals surface area contributed by atoms with E-state index in [2.05, 4.69) is 13.8 Å². The van der Waals surface area contributed by atoms with Gasteiger partial charge in [-0.05, 0) is 25.0 Å². The van der Waals surface area contributed by atoms with Gasteiger partial charge in [-0.2, -0.15) is 11.8 Å². The van der Waals surface area contributed by atoms with E-state index in [0.717, 1.165) is 24.5 Å². The maximum atomic E-state index is 10.2. The first-order valence-corrected chi connectivity index (χ1v) is 6.05. The van der Waals surface area contributed by atoms with E-state index < -0.39 is 5.97 Å². The molecular formula is C10H20O2S. The summed E-state index contributed by atoms with van der Waals surface area (Å²) in [5, 5.41) is 9.14. The third-order valence-corrected chi connectivity index (χ3v) is 3.44. The first-order chi connectivity index (χ1) is 6.16. The predicted molar refractivity (Wildman–Crippen MR) is 58.3 cm³/mol. The summed E-state index contributed by atoms with van der Waals surface area (Å²) >= 11 is 1.99. The number of carboxylic acid groups (broad SMARTS) is 1. The molecule has 0 amide bonds. The summed E-state index contributed by atoms with van der Waals surface area (Å²) in [6.45, 7) is 4.43. The lowest BCUT2D eigenvalue weighted by atomic mass is 10.2. The molecule has 0 spiro atoms. The topological polar surface area (TPSA) is 37.3 Å². The van der Waals surface area contributed by atoms with Crippen molar-refractivity contribution >= 4 is 17.7 Å². The van der Waals surface area contributed by atoms with Crippen molar-refractivity contribution in [2.75, 3.05) is 5.75 Å². The lowest BCUT2D eigenvalue weighted by molar-refractivity contribution is -0.137. The molecule has 0 aromatic carbocycles. The molecule has 0 aromatic rings. The largest absolute Gasteiger partial charge is 0.481 e. The number of thioether (sulfide) groups is 1. The van der Waals surface area contributed by atoms with Gasteiger partial charge >= 0.3 is 5.97 Å². The zero-order chi connectivity index (χ0) is 10.1. The number of carbonyl (C=O) groups is 1. The lowest BCUT2D eigenvalue weighted by Crippen LogP contribution is -1.96. The molecule has 13 heavy (non-hydrogen) atoms. The van der Waals surface area contributed by atoms with Crippen LogP contribution in [0.3, 0.4) is 0 Å². The molecule has 0 aromatic heterocycles. The molecule has 0 saturated heterocycles. The van der Waals surface area contributed by atoms with E-state index in [-0.39, 0.29) is 0 Å². The van der Waals surface area contributed by atoms with Crippen molar-refractivity contribution in [3.05, 3.63) is 0 Å². The zero-order valence-electron chi connectivity index (χ0n) is 8.58. The fraction of sp³-hybridized carbons (Fsp3) is 0.900. The second-order valence-corrected chi connectivity index (χ2v) is 4.84. The van der Waals surface area contributed by atoms with Crippen molar-refractivity contribution in [1.29, 1.82) is 0 Å². The van der Waals surface area contributed by atoms with Crippen molar-refractivity contribution in [3.63, 3.8) is 0 Å². The first-order valence-electron chi connectivity index (χ1n) is 5.00. The molecule has 0 saturated carbocycles. The van der Waals surface area contributed by atoms with Crippen LogP contribution in [-0.4, -0.2) is 22.1 Å². The first kappa shape index (κ1) is 12.8. The van der Waals surface area contributed by atoms with Crippen LogP contribution in [0.1, 0.15) is 46.0 Å². The Balaban J connectivity index is 3.04. The molecule has 0 heterocycles. The maximum Gasteiger partial charge on any atom is 0.303 e. The van der Waals surface area contributed by atoms with Crippen molar-refractivity contribution in [1.82, 2.24) is 0 Å². The standard InChI is InChI=1S/C10H20O2S/c1-3-9(2)13-8-6-4-5-7-10(11)12/h9H,3-8H2,1-2H3,(H,11,12). The van der Waals surface area contributed by atoms with Gasteiger partial charge in [0.05, 0.1) is 0 Å². The van der Waals surface area contributed by atoms with Gasteiger partial charge in [0.15, 0.2) is 0 Å². The molecule has 0 bridgehead atoms. The SMILES string of the molecule is CCC(C)SCCCCCC(=O)O. The average molecular weight is 204 g/mol. The minimum atomic E-state index is -0.672. The summed E-state index contributed by atoms with van der Waals surface area (Å²) in [5.41, 5.74) is 0. The van der Waals surface area contributed by atoms with Crippen molar-refractivity contribution in [3.8, 4) is 0 Å². The molecule has 78 valence electrons. The summed E-state index contributed by atoms with van der Waals surface area (Å²) < 4.78 is 0. The Kier molecular flexibility index (Phi) is 8.30. The van der Waals surface area contributed by atoms with E-state index in [9.17, 15) is 4.79 Å². The molecule has 1 N–H and O–H groups in total. The molecule has 3 heteroatoms. The molecular weight excluding hydrogens is 184 g/mol. The van der Waals surface area contributed by atoms with E-state index in [0.29, 0.717) is 6.42 Å². The Morgan fingerprint density at radius 3 is 2.62 bits per heavy atom. The van der Waals surface area contributed by atoms with Gasteiger partial charge in [0.25, 0.3) is 0 Å². The van der Waals surface area contributed by atoms with Crippen LogP contribution < -0.4 is 0 Å². The fourth-order valence-corrected chi connectivity index (χ4v) is 1.97.